The van der Waals surface area contributed by atoms with E-state index in [0.717, 1.165) is 13.0 Å². The number of anilines is 1. The van der Waals surface area contributed by atoms with Gasteiger partial charge in [0.1, 0.15) is 6.54 Å². The minimum absolute atomic E-state index is 0.0787. The van der Waals surface area contributed by atoms with Crippen molar-refractivity contribution in [2.24, 2.45) is 0 Å². The van der Waals surface area contributed by atoms with Gasteiger partial charge >= 0.3 is 0 Å². The third kappa shape index (κ3) is 3.31. The van der Waals surface area contributed by atoms with Gasteiger partial charge < -0.3 is 10.1 Å². The fraction of sp³-hybridized carbons (Fsp3) is 0.467. The number of nitrogens with zero attached hydrogens (tertiary/aromatic N) is 4. The fourth-order valence-corrected chi connectivity index (χ4v) is 2.48. The number of hydrogen-bond donors (Lipinski definition) is 1. The molecule has 1 amide bonds. The summed E-state index contributed by atoms with van der Waals surface area (Å²) < 4.78 is 8.42. The summed E-state index contributed by atoms with van der Waals surface area (Å²) in [6, 6.07) is 0.215. The Balaban J connectivity index is 1.66. The molecule has 3 heterocycles. The molecule has 0 bridgehead atoms. The van der Waals surface area contributed by atoms with Crippen LogP contribution in [-0.4, -0.2) is 38.5 Å². The SMILES string of the molecule is Cc1ncn(CC(=O)Nc2cnn(C3CCOC3)c2)c(=O)c1C. The summed E-state index contributed by atoms with van der Waals surface area (Å²) in [5, 5.41) is 6.99. The molecule has 1 saturated heterocycles. The zero-order valence-corrected chi connectivity index (χ0v) is 13.2. The van der Waals surface area contributed by atoms with E-state index in [1.165, 1.54) is 10.9 Å². The highest BCUT2D eigenvalue weighted by Gasteiger charge is 2.18. The van der Waals surface area contributed by atoms with Crippen LogP contribution >= 0.6 is 0 Å². The van der Waals surface area contributed by atoms with Crippen molar-refractivity contribution in [3.05, 3.63) is 40.3 Å². The lowest BCUT2D eigenvalue weighted by atomic mass is 10.3. The van der Waals surface area contributed by atoms with Gasteiger partial charge in [0.25, 0.3) is 5.56 Å². The summed E-state index contributed by atoms with van der Waals surface area (Å²) in [7, 11) is 0. The van der Waals surface area contributed by atoms with E-state index in [1.54, 1.807) is 30.9 Å². The summed E-state index contributed by atoms with van der Waals surface area (Å²) in [5.41, 5.74) is 1.62. The molecule has 0 aromatic carbocycles. The van der Waals surface area contributed by atoms with Gasteiger partial charge in [-0.1, -0.05) is 0 Å². The molecule has 1 atom stereocenters. The van der Waals surface area contributed by atoms with Crippen LogP contribution in [-0.2, 0) is 16.1 Å². The molecule has 1 fully saturated rings. The van der Waals surface area contributed by atoms with Gasteiger partial charge in [-0.25, -0.2) is 4.98 Å². The van der Waals surface area contributed by atoms with Gasteiger partial charge in [0.2, 0.25) is 5.91 Å². The standard InChI is InChI=1S/C15H19N5O3/c1-10-11(2)16-9-19(15(10)22)7-14(21)18-12-5-17-20(6-12)13-3-4-23-8-13/h5-6,9,13H,3-4,7-8H2,1-2H3,(H,18,21). The van der Waals surface area contributed by atoms with Gasteiger partial charge in [-0.15, -0.1) is 0 Å². The van der Waals surface area contributed by atoms with Crippen molar-refractivity contribution in [1.29, 1.82) is 0 Å². The molecule has 3 rings (SSSR count). The minimum atomic E-state index is -0.292. The van der Waals surface area contributed by atoms with E-state index in [4.69, 9.17) is 4.74 Å². The predicted octanol–water partition coefficient (Wildman–Crippen LogP) is 0.657. The Morgan fingerprint density at radius 2 is 2.30 bits per heavy atom. The third-order valence-corrected chi connectivity index (χ3v) is 3.99. The van der Waals surface area contributed by atoms with E-state index in [-0.39, 0.29) is 24.1 Å². The van der Waals surface area contributed by atoms with Crippen molar-refractivity contribution < 1.29 is 9.53 Å². The molecule has 23 heavy (non-hydrogen) atoms. The maximum Gasteiger partial charge on any atom is 0.256 e. The number of carbonyl (C=O) groups is 1. The van der Waals surface area contributed by atoms with Crippen molar-refractivity contribution >= 4 is 11.6 Å². The second-order valence-electron chi connectivity index (χ2n) is 5.66. The number of ether oxygens (including phenoxy) is 1. The predicted molar refractivity (Wildman–Crippen MR) is 83.3 cm³/mol. The lowest BCUT2D eigenvalue weighted by molar-refractivity contribution is -0.116. The second kappa shape index (κ2) is 6.33. The van der Waals surface area contributed by atoms with Crippen LogP contribution < -0.4 is 10.9 Å². The highest BCUT2D eigenvalue weighted by atomic mass is 16.5. The van der Waals surface area contributed by atoms with Crippen LogP contribution in [0.2, 0.25) is 0 Å². The van der Waals surface area contributed by atoms with E-state index >= 15 is 0 Å². The van der Waals surface area contributed by atoms with Gasteiger partial charge in [0, 0.05) is 24.1 Å². The summed E-state index contributed by atoms with van der Waals surface area (Å²) in [6.45, 7) is 4.76. The van der Waals surface area contributed by atoms with Crippen LogP contribution in [0.25, 0.3) is 0 Å². The van der Waals surface area contributed by atoms with Gasteiger partial charge in [-0.2, -0.15) is 5.10 Å². The van der Waals surface area contributed by atoms with E-state index < -0.39 is 0 Å². The van der Waals surface area contributed by atoms with E-state index in [1.807, 2.05) is 0 Å². The largest absolute Gasteiger partial charge is 0.379 e. The molecule has 1 unspecified atom stereocenters. The number of aromatic nitrogens is 4. The summed E-state index contributed by atoms with van der Waals surface area (Å²) in [5.74, 6) is -0.292. The number of carbonyl (C=O) groups excluding carboxylic acids is 1. The first-order valence-corrected chi connectivity index (χ1v) is 7.49. The van der Waals surface area contributed by atoms with Gasteiger partial charge in [-0.3, -0.25) is 18.8 Å². The number of hydrogen-bond acceptors (Lipinski definition) is 5. The molecule has 1 aliphatic rings. The summed E-state index contributed by atoms with van der Waals surface area (Å²) >= 11 is 0. The Hall–Kier alpha value is -2.48. The number of nitrogens with one attached hydrogen (secondary N) is 1. The zero-order chi connectivity index (χ0) is 16.4. The van der Waals surface area contributed by atoms with Crippen molar-refractivity contribution in [3.8, 4) is 0 Å². The summed E-state index contributed by atoms with van der Waals surface area (Å²) in [4.78, 5) is 28.3. The van der Waals surface area contributed by atoms with Crippen LogP contribution in [0.15, 0.2) is 23.5 Å². The van der Waals surface area contributed by atoms with Crippen LogP contribution in [0.1, 0.15) is 23.7 Å². The smallest absolute Gasteiger partial charge is 0.256 e. The lowest BCUT2D eigenvalue weighted by Crippen LogP contribution is -2.29. The maximum absolute atomic E-state index is 12.1. The van der Waals surface area contributed by atoms with Crippen molar-refractivity contribution in [3.63, 3.8) is 0 Å². The van der Waals surface area contributed by atoms with Crippen LogP contribution in [0.5, 0.6) is 0 Å². The zero-order valence-electron chi connectivity index (χ0n) is 13.2. The Bertz CT molecular complexity index is 774. The minimum Gasteiger partial charge on any atom is -0.379 e. The number of amides is 1. The fourth-order valence-electron chi connectivity index (χ4n) is 2.48. The molecule has 2 aromatic heterocycles. The molecule has 0 radical (unpaired) electrons. The Kier molecular flexibility index (Phi) is 4.24. The number of rotatable bonds is 4. The van der Waals surface area contributed by atoms with Gasteiger partial charge in [-0.05, 0) is 20.3 Å². The van der Waals surface area contributed by atoms with E-state index in [2.05, 4.69) is 15.4 Å². The maximum atomic E-state index is 12.1. The Labute approximate surface area is 133 Å². The third-order valence-electron chi connectivity index (χ3n) is 3.99. The second-order valence-corrected chi connectivity index (χ2v) is 5.66. The average Bonchev–Trinajstić information content (AvgIpc) is 3.19. The molecule has 1 aliphatic heterocycles. The number of aryl methyl sites for hydroxylation is 1. The molecular formula is C15H19N5O3. The molecule has 8 nitrogen and oxygen atoms in total. The average molecular weight is 317 g/mol. The lowest BCUT2D eigenvalue weighted by Gasteiger charge is -2.08. The van der Waals surface area contributed by atoms with Gasteiger partial charge in [0.05, 0.1) is 30.9 Å². The quantitative estimate of drug-likeness (QED) is 0.894. The van der Waals surface area contributed by atoms with Crippen molar-refractivity contribution in [2.45, 2.75) is 32.9 Å². The molecule has 122 valence electrons. The topological polar surface area (TPSA) is 91.0 Å². The first-order chi connectivity index (χ1) is 11.0. The summed E-state index contributed by atoms with van der Waals surface area (Å²) in [6.07, 6.45) is 5.68. The molecular weight excluding hydrogens is 298 g/mol. The molecule has 1 N–H and O–H groups in total. The van der Waals surface area contributed by atoms with Crippen molar-refractivity contribution in [2.75, 3.05) is 18.5 Å². The first-order valence-electron chi connectivity index (χ1n) is 7.49. The molecule has 0 aliphatic carbocycles. The molecule has 0 saturated carbocycles. The molecule has 8 heteroatoms. The normalized spacial score (nSPS) is 17.4. The van der Waals surface area contributed by atoms with Crippen LogP contribution in [0.3, 0.4) is 0 Å². The van der Waals surface area contributed by atoms with Crippen LogP contribution in [0.4, 0.5) is 5.69 Å². The Morgan fingerprint density at radius 1 is 1.48 bits per heavy atom. The van der Waals surface area contributed by atoms with Gasteiger partial charge in [0.15, 0.2) is 0 Å². The van der Waals surface area contributed by atoms with Crippen molar-refractivity contribution in [1.82, 2.24) is 19.3 Å². The van der Waals surface area contributed by atoms with E-state index in [0.29, 0.717) is 23.6 Å². The highest BCUT2D eigenvalue weighted by Crippen LogP contribution is 2.19. The highest BCUT2D eigenvalue weighted by molar-refractivity contribution is 5.90. The van der Waals surface area contributed by atoms with Crippen LogP contribution in [0, 0.1) is 13.8 Å². The van der Waals surface area contributed by atoms with E-state index in [9.17, 15) is 9.59 Å². The first kappa shape index (κ1) is 15.4. The molecule has 2 aromatic rings. The monoisotopic (exact) mass is 317 g/mol. The Morgan fingerprint density at radius 3 is 3.04 bits per heavy atom. The molecule has 0 spiro atoms.